The zero-order chi connectivity index (χ0) is 19.1. The molecular formula is C15H19N9O3. The van der Waals surface area contributed by atoms with Crippen molar-refractivity contribution in [3.63, 3.8) is 0 Å². The Hall–Kier alpha value is -3.28. The second kappa shape index (κ2) is 6.46. The second-order valence-electron chi connectivity index (χ2n) is 6.26. The molecule has 1 saturated heterocycles. The average Bonchev–Trinajstić information content (AvgIpc) is 3.08. The Morgan fingerprint density at radius 3 is 2.59 bits per heavy atom. The third kappa shape index (κ3) is 2.93. The first-order valence-corrected chi connectivity index (χ1v) is 8.39. The number of imidazole rings is 1. The smallest absolute Gasteiger partial charge is 0.332 e. The van der Waals surface area contributed by atoms with Gasteiger partial charge in [-0.15, -0.1) is 0 Å². The summed E-state index contributed by atoms with van der Waals surface area (Å²) in [5.41, 5.74) is 5.59. The summed E-state index contributed by atoms with van der Waals surface area (Å²) in [6.45, 7) is 2.70. The lowest BCUT2D eigenvalue weighted by Crippen LogP contribution is -2.38. The van der Waals surface area contributed by atoms with E-state index >= 15 is 0 Å². The first-order chi connectivity index (χ1) is 13.0. The Bertz CT molecular complexity index is 1120. The van der Waals surface area contributed by atoms with Crippen LogP contribution >= 0.6 is 0 Å². The molecule has 12 heteroatoms. The molecule has 0 saturated carbocycles. The molecule has 0 aliphatic carbocycles. The molecule has 0 amide bonds. The van der Waals surface area contributed by atoms with E-state index in [0.717, 1.165) is 4.57 Å². The summed E-state index contributed by atoms with van der Waals surface area (Å²) in [6.07, 6.45) is 1.49. The molecule has 0 unspecified atom stereocenters. The van der Waals surface area contributed by atoms with E-state index < -0.39 is 11.2 Å². The molecule has 12 nitrogen and oxygen atoms in total. The highest BCUT2D eigenvalue weighted by atomic mass is 16.5. The van der Waals surface area contributed by atoms with Crippen LogP contribution in [0.15, 0.2) is 15.9 Å². The van der Waals surface area contributed by atoms with Crippen LogP contribution in [0.25, 0.3) is 11.2 Å². The maximum atomic E-state index is 12.5. The quantitative estimate of drug-likeness (QED) is 0.557. The van der Waals surface area contributed by atoms with Gasteiger partial charge in [-0.1, -0.05) is 0 Å². The maximum Gasteiger partial charge on any atom is 0.332 e. The van der Waals surface area contributed by atoms with Gasteiger partial charge in [0.2, 0.25) is 11.9 Å². The summed E-state index contributed by atoms with van der Waals surface area (Å²) < 4.78 is 9.32. The van der Waals surface area contributed by atoms with E-state index in [0.29, 0.717) is 49.2 Å². The van der Waals surface area contributed by atoms with E-state index in [-0.39, 0.29) is 12.5 Å². The Morgan fingerprint density at radius 1 is 1.11 bits per heavy atom. The third-order valence-electron chi connectivity index (χ3n) is 4.51. The molecule has 4 rings (SSSR count). The van der Waals surface area contributed by atoms with Gasteiger partial charge in [0.1, 0.15) is 0 Å². The zero-order valence-corrected chi connectivity index (χ0v) is 15.0. The van der Waals surface area contributed by atoms with E-state index in [4.69, 9.17) is 10.5 Å². The van der Waals surface area contributed by atoms with Crippen molar-refractivity contribution in [2.45, 2.75) is 6.54 Å². The van der Waals surface area contributed by atoms with Crippen molar-refractivity contribution in [2.75, 3.05) is 36.9 Å². The largest absolute Gasteiger partial charge is 0.378 e. The molecule has 1 aliphatic heterocycles. The number of hydrogen-bond donors (Lipinski definition) is 1. The molecule has 0 radical (unpaired) electrons. The number of nitrogen functional groups attached to an aromatic ring is 1. The molecule has 0 atom stereocenters. The van der Waals surface area contributed by atoms with Gasteiger partial charge in [-0.05, 0) is 0 Å². The van der Waals surface area contributed by atoms with Gasteiger partial charge in [0.25, 0.3) is 5.56 Å². The number of aromatic nitrogens is 7. The van der Waals surface area contributed by atoms with Crippen molar-refractivity contribution >= 4 is 23.1 Å². The monoisotopic (exact) mass is 373 g/mol. The van der Waals surface area contributed by atoms with Gasteiger partial charge in [-0.25, -0.2) is 9.78 Å². The van der Waals surface area contributed by atoms with Gasteiger partial charge >= 0.3 is 5.69 Å². The van der Waals surface area contributed by atoms with Crippen LogP contribution in [0.4, 0.5) is 11.9 Å². The number of nitrogens with two attached hydrogens (primary N) is 1. The highest BCUT2D eigenvalue weighted by Crippen LogP contribution is 2.13. The van der Waals surface area contributed by atoms with Gasteiger partial charge in [-0.2, -0.15) is 15.0 Å². The van der Waals surface area contributed by atoms with Crippen molar-refractivity contribution < 1.29 is 4.74 Å². The zero-order valence-electron chi connectivity index (χ0n) is 15.0. The maximum absolute atomic E-state index is 12.5. The molecule has 0 bridgehead atoms. The average molecular weight is 373 g/mol. The highest BCUT2D eigenvalue weighted by Gasteiger charge is 2.18. The Morgan fingerprint density at radius 2 is 1.85 bits per heavy atom. The molecule has 0 aromatic carbocycles. The Balaban J connectivity index is 1.76. The van der Waals surface area contributed by atoms with Gasteiger partial charge in [0.15, 0.2) is 17.0 Å². The molecule has 3 aromatic rings. The predicted molar refractivity (Wildman–Crippen MR) is 96.6 cm³/mol. The van der Waals surface area contributed by atoms with Crippen LogP contribution in [0.1, 0.15) is 5.82 Å². The van der Waals surface area contributed by atoms with E-state index in [1.54, 1.807) is 11.6 Å². The lowest BCUT2D eigenvalue weighted by Gasteiger charge is -2.26. The normalized spacial score (nSPS) is 14.8. The molecule has 142 valence electrons. The first-order valence-electron chi connectivity index (χ1n) is 8.39. The van der Waals surface area contributed by atoms with E-state index in [1.165, 1.54) is 17.9 Å². The number of nitrogens with zero attached hydrogens (tertiary/aromatic N) is 8. The molecule has 1 fully saturated rings. The fourth-order valence-electron chi connectivity index (χ4n) is 3.07. The summed E-state index contributed by atoms with van der Waals surface area (Å²) >= 11 is 0. The summed E-state index contributed by atoms with van der Waals surface area (Å²) in [7, 11) is 3.00. The minimum absolute atomic E-state index is 0.103. The van der Waals surface area contributed by atoms with E-state index in [2.05, 4.69) is 19.9 Å². The van der Waals surface area contributed by atoms with Crippen molar-refractivity contribution in [3.8, 4) is 0 Å². The molecule has 0 spiro atoms. The predicted octanol–water partition coefficient (Wildman–Crippen LogP) is -1.91. The summed E-state index contributed by atoms with van der Waals surface area (Å²) in [6, 6.07) is 0. The Labute approximate surface area is 152 Å². The number of fused-ring (bicyclic) bond motifs is 1. The number of rotatable bonds is 3. The van der Waals surface area contributed by atoms with E-state index in [1.807, 2.05) is 4.90 Å². The Kier molecular flexibility index (Phi) is 4.11. The van der Waals surface area contributed by atoms with Crippen LogP contribution in [0.2, 0.25) is 0 Å². The number of morpholine rings is 1. The van der Waals surface area contributed by atoms with Crippen LogP contribution in [0.3, 0.4) is 0 Å². The minimum Gasteiger partial charge on any atom is -0.378 e. The number of hydrogen-bond acceptors (Lipinski definition) is 9. The van der Waals surface area contributed by atoms with Gasteiger partial charge in [0, 0.05) is 27.2 Å². The summed E-state index contributed by atoms with van der Waals surface area (Å²) in [5.74, 6) is 0.982. The fraction of sp³-hybridized carbons (Fsp3) is 0.467. The number of aryl methyl sites for hydroxylation is 1. The topological polar surface area (TPSA) is 139 Å². The lowest BCUT2D eigenvalue weighted by molar-refractivity contribution is 0.122. The molecule has 1 aliphatic rings. The van der Waals surface area contributed by atoms with Gasteiger partial charge < -0.3 is 19.9 Å². The highest BCUT2D eigenvalue weighted by molar-refractivity contribution is 5.70. The van der Waals surface area contributed by atoms with E-state index in [9.17, 15) is 9.59 Å². The van der Waals surface area contributed by atoms with Crippen molar-refractivity contribution in [1.82, 2.24) is 33.6 Å². The van der Waals surface area contributed by atoms with Crippen LogP contribution in [0, 0.1) is 0 Å². The summed E-state index contributed by atoms with van der Waals surface area (Å²) in [5, 5.41) is 0. The van der Waals surface area contributed by atoms with Gasteiger partial charge in [-0.3, -0.25) is 13.9 Å². The molecule has 4 heterocycles. The standard InChI is InChI=1S/C15H19N9O3/c1-21-11-10(12(25)22(2)15(21)26)24(8-17-11)7-9-18-13(16)20-14(19-9)23-3-5-27-6-4-23/h8H,3-7H2,1-2H3,(H2,16,18,19,20). The lowest BCUT2D eigenvalue weighted by atomic mass is 10.4. The summed E-state index contributed by atoms with van der Waals surface area (Å²) in [4.78, 5) is 43.6. The number of ether oxygens (including phenoxy) is 1. The second-order valence-corrected chi connectivity index (χ2v) is 6.26. The molecule has 27 heavy (non-hydrogen) atoms. The van der Waals surface area contributed by atoms with Crippen molar-refractivity contribution in [1.29, 1.82) is 0 Å². The van der Waals surface area contributed by atoms with Crippen LogP contribution in [-0.2, 0) is 25.4 Å². The van der Waals surface area contributed by atoms with Crippen LogP contribution in [0.5, 0.6) is 0 Å². The number of anilines is 2. The molecule has 2 N–H and O–H groups in total. The van der Waals surface area contributed by atoms with Crippen LogP contribution < -0.4 is 21.9 Å². The fourth-order valence-corrected chi connectivity index (χ4v) is 3.07. The van der Waals surface area contributed by atoms with Crippen LogP contribution in [-0.4, -0.2) is 59.9 Å². The van der Waals surface area contributed by atoms with Crippen molar-refractivity contribution in [3.05, 3.63) is 33.0 Å². The first kappa shape index (κ1) is 17.1. The van der Waals surface area contributed by atoms with Gasteiger partial charge in [0.05, 0.1) is 26.1 Å². The van der Waals surface area contributed by atoms with Crippen molar-refractivity contribution in [2.24, 2.45) is 14.1 Å². The molecule has 3 aromatic heterocycles. The minimum atomic E-state index is -0.434. The third-order valence-corrected chi connectivity index (χ3v) is 4.51. The SMILES string of the molecule is Cn1c(=O)c2c(ncn2Cc2nc(N)nc(N3CCOCC3)n2)n(C)c1=O. The molecular weight excluding hydrogens is 354 g/mol.